The van der Waals surface area contributed by atoms with Crippen LogP contribution in [0.25, 0.3) is 0 Å². The highest BCUT2D eigenvalue weighted by Crippen LogP contribution is 2.27. The summed E-state index contributed by atoms with van der Waals surface area (Å²) in [5.74, 6) is -0.905. The van der Waals surface area contributed by atoms with Crippen molar-refractivity contribution in [2.24, 2.45) is 0 Å². The van der Waals surface area contributed by atoms with E-state index in [1.165, 1.54) is 23.4 Å². The van der Waals surface area contributed by atoms with Gasteiger partial charge in [-0.15, -0.1) is 0 Å². The second kappa shape index (κ2) is 9.34. The topological polar surface area (TPSA) is 80.8 Å². The number of ether oxygens (including phenoxy) is 1. The van der Waals surface area contributed by atoms with Crippen molar-refractivity contribution in [2.45, 2.75) is 32.1 Å². The number of Topliss-reactive ketones (excluding diaryl/α,β-unsaturated/α-hetero) is 1. The molecule has 0 fully saturated rings. The molecule has 0 saturated carbocycles. The van der Waals surface area contributed by atoms with E-state index in [4.69, 9.17) is 4.74 Å². The first-order valence-electron chi connectivity index (χ1n) is 8.61. The van der Waals surface area contributed by atoms with Crippen molar-refractivity contribution in [1.29, 1.82) is 0 Å². The Hall–Kier alpha value is -2.19. The number of benzene rings is 2. The lowest BCUT2D eigenvalue weighted by Crippen LogP contribution is -2.33. The highest BCUT2D eigenvalue weighted by molar-refractivity contribution is 9.10. The van der Waals surface area contributed by atoms with E-state index in [1.807, 2.05) is 19.9 Å². The summed E-state index contributed by atoms with van der Waals surface area (Å²) in [4.78, 5) is 23.0. The summed E-state index contributed by atoms with van der Waals surface area (Å²) < 4.78 is 33.3. The van der Waals surface area contributed by atoms with Crippen LogP contribution in [0, 0.1) is 13.8 Å². The van der Waals surface area contributed by atoms with Crippen LogP contribution in [0.5, 0.6) is 0 Å². The monoisotopic (exact) mass is 467 g/mol. The number of carbonyl (C=O) groups excluding carboxylic acids is 2. The van der Waals surface area contributed by atoms with Gasteiger partial charge in [-0.2, -0.15) is 0 Å². The van der Waals surface area contributed by atoms with E-state index in [2.05, 4.69) is 15.9 Å². The molecule has 6 nitrogen and oxygen atoms in total. The number of hydrogen-bond donors (Lipinski definition) is 0. The van der Waals surface area contributed by atoms with Crippen molar-refractivity contribution >= 4 is 43.4 Å². The first kappa shape index (κ1) is 22.1. The molecule has 0 spiro atoms. The molecule has 0 atom stereocenters. The molecule has 0 aromatic heterocycles. The van der Waals surface area contributed by atoms with E-state index in [0.717, 1.165) is 15.6 Å². The van der Waals surface area contributed by atoms with Crippen LogP contribution in [-0.4, -0.2) is 33.3 Å². The van der Waals surface area contributed by atoms with Crippen LogP contribution in [0.3, 0.4) is 0 Å². The van der Waals surface area contributed by atoms with Gasteiger partial charge in [0.1, 0.15) is 6.61 Å². The van der Waals surface area contributed by atoms with Crippen molar-refractivity contribution in [3.8, 4) is 0 Å². The molecule has 150 valence electrons. The largest absolute Gasteiger partial charge is 0.458 e. The summed E-state index contributed by atoms with van der Waals surface area (Å²) >= 11 is 3.29. The van der Waals surface area contributed by atoms with Gasteiger partial charge in [0.25, 0.3) is 10.0 Å². The number of nitrogens with zero attached hydrogens (tertiary/aromatic N) is 1. The fourth-order valence-corrected chi connectivity index (χ4v) is 4.38. The lowest BCUT2D eigenvalue weighted by molar-refractivity contribution is -0.147. The molecule has 2 rings (SSSR count). The zero-order valence-corrected chi connectivity index (χ0v) is 18.3. The molecule has 0 heterocycles. The smallest absolute Gasteiger partial charge is 0.308 e. The maximum absolute atomic E-state index is 13.2. The first-order valence-corrected chi connectivity index (χ1v) is 10.8. The molecule has 28 heavy (non-hydrogen) atoms. The molecule has 0 saturated heterocycles. The number of rotatable bonds is 8. The molecule has 2 aromatic carbocycles. The van der Waals surface area contributed by atoms with Gasteiger partial charge in [0.05, 0.1) is 17.0 Å². The maximum Gasteiger partial charge on any atom is 0.308 e. The number of esters is 1. The Morgan fingerprint density at radius 3 is 2.14 bits per heavy atom. The number of halogens is 1. The SMILES string of the molecule is CC(=O)COC(=O)CCN(c1cc(C)cc(C)c1)S(=O)(=O)c1ccc(Br)cc1. The van der Waals surface area contributed by atoms with E-state index in [9.17, 15) is 18.0 Å². The van der Waals surface area contributed by atoms with E-state index >= 15 is 0 Å². The average Bonchev–Trinajstić information content (AvgIpc) is 2.59. The normalized spacial score (nSPS) is 11.1. The summed E-state index contributed by atoms with van der Waals surface area (Å²) in [5.41, 5.74) is 2.29. The number of sulfonamides is 1. The minimum atomic E-state index is -3.89. The summed E-state index contributed by atoms with van der Waals surface area (Å²) in [5, 5.41) is 0. The molecule has 0 amide bonds. The fraction of sp³-hybridized carbons (Fsp3) is 0.300. The molecule has 0 unspecified atom stereocenters. The Balaban J connectivity index is 2.36. The summed E-state index contributed by atoms with van der Waals surface area (Å²) in [6.45, 7) is 4.65. The number of hydrogen-bond acceptors (Lipinski definition) is 5. The van der Waals surface area contributed by atoms with Gasteiger partial charge in [-0.1, -0.05) is 22.0 Å². The third-order valence-electron chi connectivity index (χ3n) is 3.85. The van der Waals surface area contributed by atoms with Crippen LogP contribution < -0.4 is 4.31 Å². The van der Waals surface area contributed by atoms with Gasteiger partial charge in [0.2, 0.25) is 0 Å². The lowest BCUT2D eigenvalue weighted by atomic mass is 10.1. The Morgan fingerprint density at radius 1 is 1.04 bits per heavy atom. The van der Waals surface area contributed by atoms with Crippen molar-refractivity contribution in [2.75, 3.05) is 17.5 Å². The van der Waals surface area contributed by atoms with Gasteiger partial charge in [-0.05, 0) is 68.3 Å². The van der Waals surface area contributed by atoms with Crippen molar-refractivity contribution in [3.63, 3.8) is 0 Å². The predicted octanol–water partition coefficient (Wildman–Crippen LogP) is 3.78. The van der Waals surface area contributed by atoms with E-state index < -0.39 is 16.0 Å². The summed E-state index contributed by atoms with van der Waals surface area (Å²) in [7, 11) is -3.89. The minimum Gasteiger partial charge on any atom is -0.458 e. The summed E-state index contributed by atoms with van der Waals surface area (Å²) in [6, 6.07) is 11.7. The zero-order valence-electron chi connectivity index (χ0n) is 15.9. The molecule has 0 aliphatic carbocycles. The average molecular weight is 468 g/mol. The Bertz CT molecular complexity index is 950. The van der Waals surface area contributed by atoms with Gasteiger partial charge < -0.3 is 4.74 Å². The van der Waals surface area contributed by atoms with Gasteiger partial charge in [0.15, 0.2) is 5.78 Å². The third-order valence-corrected chi connectivity index (χ3v) is 6.22. The van der Waals surface area contributed by atoms with Gasteiger partial charge in [-0.3, -0.25) is 13.9 Å². The maximum atomic E-state index is 13.2. The highest BCUT2D eigenvalue weighted by atomic mass is 79.9. The first-order chi connectivity index (χ1) is 13.1. The fourth-order valence-electron chi connectivity index (χ4n) is 2.66. The molecule has 0 aliphatic heterocycles. The minimum absolute atomic E-state index is 0.0992. The van der Waals surface area contributed by atoms with Gasteiger partial charge in [0, 0.05) is 11.0 Å². The summed E-state index contributed by atoms with van der Waals surface area (Å²) in [6.07, 6.45) is -0.171. The standard InChI is InChI=1S/C20H22BrNO5S/c1-14-10-15(2)12-18(11-14)22(9-8-20(24)27-13-16(3)23)28(25,26)19-6-4-17(21)5-7-19/h4-7,10-12H,8-9,13H2,1-3H3. The number of ketones is 1. The second-order valence-electron chi connectivity index (χ2n) is 6.49. The lowest BCUT2D eigenvalue weighted by Gasteiger charge is -2.25. The number of carbonyl (C=O) groups is 2. The second-order valence-corrected chi connectivity index (χ2v) is 9.27. The molecule has 0 bridgehead atoms. The number of anilines is 1. The van der Waals surface area contributed by atoms with Gasteiger partial charge in [-0.25, -0.2) is 8.42 Å². The molecule has 0 radical (unpaired) electrons. The van der Waals surface area contributed by atoms with Crippen LogP contribution in [0.1, 0.15) is 24.5 Å². The molecule has 0 N–H and O–H groups in total. The highest BCUT2D eigenvalue weighted by Gasteiger charge is 2.26. The third kappa shape index (κ3) is 5.90. The molecule has 2 aromatic rings. The van der Waals surface area contributed by atoms with Crippen LogP contribution in [0.2, 0.25) is 0 Å². The van der Waals surface area contributed by atoms with Gasteiger partial charge >= 0.3 is 5.97 Å². The quantitative estimate of drug-likeness (QED) is 0.551. The molecular formula is C20H22BrNO5S. The van der Waals surface area contributed by atoms with E-state index in [1.54, 1.807) is 24.3 Å². The van der Waals surface area contributed by atoms with E-state index in [0.29, 0.717) is 5.69 Å². The van der Waals surface area contributed by atoms with Crippen molar-refractivity contribution in [1.82, 2.24) is 0 Å². The Labute approximate surface area is 173 Å². The Morgan fingerprint density at radius 2 is 1.61 bits per heavy atom. The van der Waals surface area contributed by atoms with Crippen molar-refractivity contribution in [3.05, 3.63) is 58.1 Å². The zero-order chi connectivity index (χ0) is 20.9. The van der Waals surface area contributed by atoms with Crippen LogP contribution in [-0.2, 0) is 24.3 Å². The van der Waals surface area contributed by atoms with Crippen molar-refractivity contribution < 1.29 is 22.7 Å². The van der Waals surface area contributed by atoms with Crippen LogP contribution >= 0.6 is 15.9 Å². The van der Waals surface area contributed by atoms with Crippen LogP contribution in [0.15, 0.2) is 51.8 Å². The van der Waals surface area contributed by atoms with E-state index in [-0.39, 0.29) is 30.3 Å². The molecular weight excluding hydrogens is 446 g/mol. The van der Waals surface area contributed by atoms with Crippen LogP contribution in [0.4, 0.5) is 5.69 Å². The molecule has 0 aliphatic rings. The predicted molar refractivity (Wildman–Crippen MR) is 111 cm³/mol. The Kier molecular flexibility index (Phi) is 7.37. The molecule has 8 heteroatoms. The number of aryl methyl sites for hydroxylation is 2.